The second kappa shape index (κ2) is 9.00. The van der Waals surface area contributed by atoms with Gasteiger partial charge in [-0.2, -0.15) is 18.4 Å². The van der Waals surface area contributed by atoms with Crippen LogP contribution in [-0.4, -0.2) is 51.8 Å². The molecule has 0 spiro atoms. The number of carbonyl (C=O) groups is 2. The highest BCUT2D eigenvalue weighted by Crippen LogP contribution is 2.34. The minimum absolute atomic E-state index is 0.0346. The Labute approximate surface area is 178 Å². The Kier molecular flexibility index (Phi) is 7.08. The molecule has 10 heteroatoms. The van der Waals surface area contributed by atoms with E-state index < -0.39 is 22.8 Å². The van der Waals surface area contributed by atoms with Crippen molar-refractivity contribution in [3.8, 4) is 6.07 Å². The first-order valence-corrected chi connectivity index (χ1v) is 9.75. The Morgan fingerprint density at radius 1 is 1.33 bits per heavy atom. The molecule has 0 unspecified atom stereocenters. The largest absolute Gasteiger partial charge is 0.417 e. The van der Waals surface area contributed by atoms with Gasteiger partial charge >= 0.3 is 6.18 Å². The van der Waals surface area contributed by atoms with Gasteiger partial charge in [0.05, 0.1) is 22.7 Å². The van der Waals surface area contributed by atoms with Crippen molar-refractivity contribution in [2.24, 2.45) is 0 Å². The predicted molar refractivity (Wildman–Crippen MR) is 110 cm³/mol. The van der Waals surface area contributed by atoms with Gasteiger partial charge < -0.3 is 19.9 Å². The third-order valence-electron chi connectivity index (χ3n) is 5.10. The van der Waals surface area contributed by atoms with E-state index in [1.165, 1.54) is 19.1 Å². The molecule has 0 atom stereocenters. The van der Waals surface area contributed by atoms with Crippen LogP contribution < -0.4 is 5.32 Å². The fourth-order valence-electron chi connectivity index (χ4n) is 3.53. The van der Waals surface area contributed by atoms with Crippen molar-refractivity contribution < 1.29 is 22.8 Å². The highest BCUT2D eigenvalue weighted by molar-refractivity contribution is 7.80. The van der Waals surface area contributed by atoms with Crippen molar-refractivity contribution in [1.29, 1.82) is 5.26 Å². The number of aldehydes is 1. The van der Waals surface area contributed by atoms with E-state index in [2.05, 4.69) is 5.32 Å². The highest BCUT2D eigenvalue weighted by atomic mass is 32.1. The maximum absolute atomic E-state index is 13.2. The summed E-state index contributed by atoms with van der Waals surface area (Å²) in [6.07, 6.45) is -2.82. The van der Waals surface area contributed by atoms with Crippen LogP contribution in [-0.2, 0) is 15.8 Å². The van der Waals surface area contributed by atoms with Crippen LogP contribution in [0.1, 0.15) is 44.7 Å². The van der Waals surface area contributed by atoms with Gasteiger partial charge in [0.1, 0.15) is 6.29 Å². The number of benzene rings is 1. The molecule has 0 radical (unpaired) electrons. The van der Waals surface area contributed by atoms with Crippen LogP contribution in [0.15, 0.2) is 18.2 Å². The Hall–Kier alpha value is -2.67. The van der Waals surface area contributed by atoms with Gasteiger partial charge in [-0.05, 0) is 57.1 Å². The van der Waals surface area contributed by atoms with Crippen LogP contribution in [0.3, 0.4) is 0 Å². The smallest absolute Gasteiger partial charge is 0.343 e. The second-order valence-electron chi connectivity index (χ2n) is 7.68. The number of amides is 1. The molecule has 0 aliphatic carbocycles. The lowest BCUT2D eigenvalue weighted by Crippen LogP contribution is -2.58. The van der Waals surface area contributed by atoms with E-state index in [9.17, 15) is 22.8 Å². The van der Waals surface area contributed by atoms with E-state index in [0.717, 1.165) is 18.4 Å². The molecule has 0 aromatic heterocycles. The van der Waals surface area contributed by atoms with Crippen molar-refractivity contribution in [3.05, 3.63) is 29.3 Å². The molecule has 1 aliphatic heterocycles. The molecule has 1 fully saturated rings. The second-order valence-corrected chi connectivity index (χ2v) is 8.07. The van der Waals surface area contributed by atoms with E-state index in [4.69, 9.17) is 17.5 Å². The van der Waals surface area contributed by atoms with E-state index in [-0.39, 0.29) is 22.7 Å². The maximum atomic E-state index is 13.2. The number of nitriles is 1. The number of nitrogens with one attached hydrogen (secondary N) is 1. The third-order valence-corrected chi connectivity index (χ3v) is 5.40. The van der Waals surface area contributed by atoms with E-state index >= 15 is 0 Å². The normalized spacial score (nSPS) is 15.3. The molecule has 0 bridgehead atoms. The van der Waals surface area contributed by atoms with Gasteiger partial charge in [-0.25, -0.2) is 0 Å². The van der Waals surface area contributed by atoms with Crippen molar-refractivity contribution in [2.75, 3.05) is 18.4 Å². The molecule has 1 aromatic carbocycles. The lowest BCUT2D eigenvalue weighted by Gasteiger charge is -2.45. The van der Waals surface area contributed by atoms with E-state index in [1.807, 2.05) is 0 Å². The molecule has 1 amide bonds. The summed E-state index contributed by atoms with van der Waals surface area (Å²) in [4.78, 5) is 26.7. The molecule has 1 heterocycles. The summed E-state index contributed by atoms with van der Waals surface area (Å²) in [6, 6.07) is 4.61. The number of rotatable bonds is 4. The van der Waals surface area contributed by atoms with Gasteiger partial charge in [0.25, 0.3) is 0 Å². The third kappa shape index (κ3) is 5.27. The summed E-state index contributed by atoms with van der Waals surface area (Å²) in [6.45, 7) is 5.84. The van der Waals surface area contributed by atoms with Crippen LogP contribution in [0.5, 0.6) is 0 Å². The van der Waals surface area contributed by atoms with Gasteiger partial charge in [0, 0.05) is 31.7 Å². The first kappa shape index (κ1) is 23.6. The zero-order valence-corrected chi connectivity index (χ0v) is 17.7. The minimum Gasteiger partial charge on any atom is -0.343 e. The molecule has 2 rings (SSSR count). The fourth-order valence-corrected chi connectivity index (χ4v) is 4.03. The Balaban J connectivity index is 2.29. The van der Waals surface area contributed by atoms with Crippen LogP contribution in [0.25, 0.3) is 0 Å². The molecule has 162 valence electrons. The summed E-state index contributed by atoms with van der Waals surface area (Å²) in [5.41, 5.74) is -2.49. The Morgan fingerprint density at radius 2 is 1.93 bits per heavy atom. The minimum atomic E-state index is -4.69. The molecular formula is C20H23F3N4O2S. The summed E-state index contributed by atoms with van der Waals surface area (Å²) >= 11 is 5.46. The molecule has 1 aromatic rings. The molecule has 1 aliphatic rings. The molecular weight excluding hydrogens is 417 g/mol. The molecule has 6 nitrogen and oxygen atoms in total. The standard InChI is InChI=1S/C20H23F3N4O2S/c1-13(29)26-8-6-16(7-9-26)27(19(2,3)12-28)18(30)25-15-5-4-14(11-24)17(10-15)20(21,22)23/h4-5,10,12,16H,6-9H2,1-3H3,(H,25,30). The number of thiocarbonyl (C=S) groups is 1. The molecule has 1 saturated heterocycles. The first-order chi connectivity index (χ1) is 13.9. The number of anilines is 1. The van der Waals surface area contributed by atoms with Gasteiger partial charge in [-0.15, -0.1) is 0 Å². The van der Waals surface area contributed by atoms with E-state index in [1.54, 1.807) is 23.6 Å². The number of hydrogen-bond donors (Lipinski definition) is 1. The first-order valence-electron chi connectivity index (χ1n) is 9.34. The fraction of sp³-hybridized carbons (Fsp3) is 0.500. The zero-order chi connectivity index (χ0) is 22.7. The van der Waals surface area contributed by atoms with Gasteiger partial charge in [-0.1, -0.05) is 0 Å². The lowest BCUT2D eigenvalue weighted by molar-refractivity contribution is -0.137. The monoisotopic (exact) mass is 440 g/mol. The maximum Gasteiger partial charge on any atom is 0.417 e. The van der Waals surface area contributed by atoms with Crippen molar-refractivity contribution in [3.63, 3.8) is 0 Å². The average molecular weight is 440 g/mol. The van der Waals surface area contributed by atoms with Crippen LogP contribution in [0, 0.1) is 11.3 Å². The zero-order valence-electron chi connectivity index (χ0n) is 16.9. The van der Waals surface area contributed by atoms with Crippen molar-refractivity contribution >= 4 is 35.2 Å². The number of hydrogen-bond acceptors (Lipinski definition) is 4. The number of halogens is 3. The van der Waals surface area contributed by atoms with E-state index in [0.29, 0.717) is 25.9 Å². The van der Waals surface area contributed by atoms with Gasteiger partial charge in [0.2, 0.25) is 5.91 Å². The Bertz CT molecular complexity index is 872. The topological polar surface area (TPSA) is 76.4 Å². The van der Waals surface area contributed by atoms with Crippen molar-refractivity contribution in [2.45, 2.75) is 51.4 Å². The summed E-state index contributed by atoms with van der Waals surface area (Å²) in [5.74, 6) is -0.0346. The number of nitrogens with zero attached hydrogens (tertiary/aromatic N) is 3. The lowest BCUT2D eigenvalue weighted by atomic mass is 9.96. The molecule has 0 saturated carbocycles. The van der Waals surface area contributed by atoms with Crippen LogP contribution in [0.4, 0.5) is 18.9 Å². The summed E-state index contributed by atoms with van der Waals surface area (Å²) in [5, 5.41) is 11.8. The van der Waals surface area contributed by atoms with Crippen molar-refractivity contribution in [1.82, 2.24) is 9.80 Å². The quantitative estimate of drug-likeness (QED) is 0.570. The SMILES string of the molecule is CC(=O)N1CCC(N(C(=S)Nc2ccc(C#N)c(C(F)(F)F)c2)C(C)(C)C=O)CC1. The average Bonchev–Trinajstić information content (AvgIpc) is 2.67. The van der Waals surface area contributed by atoms with Crippen LogP contribution >= 0.6 is 12.2 Å². The number of piperidine rings is 1. The number of alkyl halides is 3. The van der Waals surface area contributed by atoms with Gasteiger partial charge in [0.15, 0.2) is 5.11 Å². The number of carbonyl (C=O) groups excluding carboxylic acids is 2. The van der Waals surface area contributed by atoms with Crippen LogP contribution in [0.2, 0.25) is 0 Å². The molecule has 30 heavy (non-hydrogen) atoms. The highest BCUT2D eigenvalue weighted by Gasteiger charge is 2.37. The number of likely N-dealkylation sites (tertiary alicyclic amines) is 1. The molecule has 1 N–H and O–H groups in total. The van der Waals surface area contributed by atoms with Gasteiger partial charge in [-0.3, -0.25) is 4.79 Å². The summed E-state index contributed by atoms with van der Waals surface area (Å²) < 4.78 is 39.7. The Morgan fingerprint density at radius 3 is 2.40 bits per heavy atom. The summed E-state index contributed by atoms with van der Waals surface area (Å²) in [7, 11) is 0. The predicted octanol–water partition coefficient (Wildman–Crippen LogP) is 3.56.